The Morgan fingerprint density at radius 3 is 2.70 bits per heavy atom. The number of carbonyl (C=O) groups excluding carboxylic acids is 1. The summed E-state index contributed by atoms with van der Waals surface area (Å²) < 4.78 is 14.7. The third kappa shape index (κ3) is 3.58. The zero-order valence-electron chi connectivity index (χ0n) is 16.7. The van der Waals surface area contributed by atoms with Crippen molar-refractivity contribution in [2.24, 2.45) is 0 Å². The van der Waals surface area contributed by atoms with E-state index in [2.05, 4.69) is 30.8 Å². The summed E-state index contributed by atoms with van der Waals surface area (Å²) in [7, 11) is 0. The van der Waals surface area contributed by atoms with Gasteiger partial charge >= 0.3 is 6.03 Å². The number of anilines is 2. The molecule has 0 saturated carbocycles. The first-order valence-corrected chi connectivity index (χ1v) is 10.4. The highest BCUT2D eigenvalue weighted by Gasteiger charge is 2.21. The van der Waals surface area contributed by atoms with Crippen LogP contribution in [0.3, 0.4) is 0 Å². The molecule has 158 valence electrons. The Bertz CT molecular complexity index is 1050. The number of hydrogen-bond acceptors (Lipinski definition) is 5. The third-order valence-corrected chi connectivity index (χ3v) is 5.77. The molecule has 0 atom stereocenters. The molecule has 3 aromatic rings. The number of benzene rings is 1. The van der Waals surface area contributed by atoms with Gasteiger partial charge in [0.2, 0.25) is 0 Å². The molecule has 2 fully saturated rings. The second-order valence-corrected chi connectivity index (χ2v) is 7.78. The molecule has 2 aliphatic heterocycles. The van der Waals surface area contributed by atoms with Crippen molar-refractivity contribution >= 4 is 28.4 Å². The fraction of sp³-hybridized carbons (Fsp3) is 0.450. The van der Waals surface area contributed by atoms with Gasteiger partial charge in [0, 0.05) is 45.3 Å². The largest absolute Gasteiger partial charge is 0.367 e. The van der Waals surface area contributed by atoms with Crippen LogP contribution in [0.5, 0.6) is 0 Å². The van der Waals surface area contributed by atoms with Gasteiger partial charge in [-0.1, -0.05) is 0 Å². The van der Waals surface area contributed by atoms with Crippen LogP contribution in [0.4, 0.5) is 20.6 Å². The number of imidazole rings is 1. The van der Waals surface area contributed by atoms with Crippen LogP contribution in [0.1, 0.15) is 19.3 Å². The van der Waals surface area contributed by atoms with Crippen molar-refractivity contribution in [2.75, 3.05) is 49.5 Å². The number of rotatable bonds is 3. The van der Waals surface area contributed by atoms with Crippen molar-refractivity contribution in [3.63, 3.8) is 0 Å². The van der Waals surface area contributed by atoms with Crippen LogP contribution in [0.15, 0.2) is 18.3 Å². The van der Waals surface area contributed by atoms with Gasteiger partial charge in [-0.2, -0.15) is 5.10 Å². The molecule has 2 saturated heterocycles. The minimum absolute atomic E-state index is 0.138. The molecule has 9 nitrogen and oxygen atoms in total. The SMILES string of the molecule is O=C(Nc1cn[nH]c1-c1nc2cc(N3CCNCC3)c(F)cc2[nH]1)N1CCCCC1. The van der Waals surface area contributed by atoms with Crippen LogP contribution >= 0.6 is 0 Å². The Balaban J connectivity index is 1.41. The minimum Gasteiger partial charge on any atom is -0.367 e. The summed E-state index contributed by atoms with van der Waals surface area (Å²) in [4.78, 5) is 24.2. The van der Waals surface area contributed by atoms with Crippen LogP contribution in [-0.4, -0.2) is 70.4 Å². The molecular formula is C20H25FN8O. The van der Waals surface area contributed by atoms with E-state index in [0.29, 0.717) is 33.9 Å². The Morgan fingerprint density at radius 1 is 1.10 bits per heavy atom. The Labute approximate surface area is 173 Å². The first-order chi connectivity index (χ1) is 14.7. The predicted molar refractivity (Wildman–Crippen MR) is 113 cm³/mol. The molecule has 0 aliphatic carbocycles. The molecular weight excluding hydrogens is 387 g/mol. The average Bonchev–Trinajstić information content (AvgIpc) is 3.40. The van der Waals surface area contributed by atoms with E-state index in [1.807, 2.05) is 9.80 Å². The van der Waals surface area contributed by atoms with E-state index in [-0.39, 0.29) is 11.8 Å². The lowest BCUT2D eigenvalue weighted by Crippen LogP contribution is -2.43. The lowest BCUT2D eigenvalue weighted by molar-refractivity contribution is 0.200. The number of nitrogens with zero attached hydrogens (tertiary/aromatic N) is 4. The van der Waals surface area contributed by atoms with Gasteiger partial charge in [0.1, 0.15) is 11.5 Å². The minimum atomic E-state index is -0.275. The van der Waals surface area contributed by atoms with E-state index < -0.39 is 0 Å². The van der Waals surface area contributed by atoms with E-state index in [1.54, 1.807) is 12.3 Å². The number of aromatic amines is 2. The van der Waals surface area contributed by atoms with Gasteiger partial charge in [0.15, 0.2) is 5.82 Å². The zero-order chi connectivity index (χ0) is 20.5. The normalized spacial score (nSPS) is 17.5. The molecule has 2 amide bonds. The molecule has 5 rings (SSSR count). The highest BCUT2D eigenvalue weighted by molar-refractivity contribution is 5.93. The number of fused-ring (bicyclic) bond motifs is 1. The number of piperidine rings is 1. The quantitative estimate of drug-likeness (QED) is 0.529. The summed E-state index contributed by atoms with van der Waals surface area (Å²) >= 11 is 0. The topological polar surface area (TPSA) is 105 Å². The number of carbonyl (C=O) groups is 1. The summed E-state index contributed by atoms with van der Waals surface area (Å²) in [5, 5.41) is 13.2. The molecule has 0 bridgehead atoms. The number of hydrogen-bond donors (Lipinski definition) is 4. The van der Waals surface area contributed by atoms with Crippen molar-refractivity contribution < 1.29 is 9.18 Å². The molecule has 30 heavy (non-hydrogen) atoms. The number of nitrogens with one attached hydrogen (secondary N) is 4. The van der Waals surface area contributed by atoms with E-state index >= 15 is 0 Å². The van der Waals surface area contributed by atoms with E-state index in [0.717, 1.165) is 58.5 Å². The molecule has 4 heterocycles. The van der Waals surface area contributed by atoms with Crippen molar-refractivity contribution in [1.82, 2.24) is 30.4 Å². The number of H-pyrrole nitrogens is 2. The summed E-state index contributed by atoms with van der Waals surface area (Å²) in [5.41, 5.74) is 2.95. The second kappa shape index (κ2) is 7.94. The summed E-state index contributed by atoms with van der Waals surface area (Å²) in [6, 6.07) is 3.12. The number of amides is 2. The maximum absolute atomic E-state index is 14.7. The molecule has 1 aromatic carbocycles. The second-order valence-electron chi connectivity index (χ2n) is 7.78. The van der Waals surface area contributed by atoms with Crippen LogP contribution < -0.4 is 15.5 Å². The number of aromatic nitrogens is 4. The molecule has 0 spiro atoms. The van der Waals surface area contributed by atoms with Gasteiger partial charge < -0.3 is 25.4 Å². The standard InChI is InChI=1S/C20H25FN8O/c21-13-10-14-15(11-17(13)28-8-4-22-5-9-28)25-19(24-14)18-16(12-23-27-18)26-20(30)29-6-2-1-3-7-29/h10-12,22H,1-9H2,(H,23,27)(H,24,25)(H,26,30). The smallest absolute Gasteiger partial charge is 0.321 e. The van der Waals surface area contributed by atoms with Crippen molar-refractivity contribution in [1.29, 1.82) is 0 Å². The van der Waals surface area contributed by atoms with Gasteiger partial charge in [0.05, 0.1) is 28.6 Å². The van der Waals surface area contributed by atoms with Crippen LogP contribution in [-0.2, 0) is 0 Å². The third-order valence-electron chi connectivity index (χ3n) is 5.77. The molecule has 4 N–H and O–H groups in total. The molecule has 0 unspecified atom stereocenters. The first-order valence-electron chi connectivity index (χ1n) is 10.4. The molecule has 2 aromatic heterocycles. The van der Waals surface area contributed by atoms with Crippen LogP contribution in [0.25, 0.3) is 22.6 Å². The van der Waals surface area contributed by atoms with Crippen molar-refractivity contribution in [2.45, 2.75) is 19.3 Å². The monoisotopic (exact) mass is 412 g/mol. The molecule has 2 aliphatic rings. The number of urea groups is 1. The Kier molecular flexibility index (Phi) is 4.99. The Morgan fingerprint density at radius 2 is 1.90 bits per heavy atom. The summed E-state index contributed by atoms with van der Waals surface area (Å²) in [6.45, 7) is 4.70. The predicted octanol–water partition coefficient (Wildman–Crippen LogP) is 2.52. The number of piperazine rings is 1. The van der Waals surface area contributed by atoms with Crippen LogP contribution in [0.2, 0.25) is 0 Å². The van der Waals surface area contributed by atoms with Gasteiger partial charge in [-0.3, -0.25) is 5.10 Å². The van der Waals surface area contributed by atoms with Gasteiger partial charge in [0.25, 0.3) is 0 Å². The average molecular weight is 412 g/mol. The van der Waals surface area contributed by atoms with Crippen molar-refractivity contribution in [3.05, 3.63) is 24.1 Å². The fourth-order valence-corrected chi connectivity index (χ4v) is 4.14. The van der Waals surface area contributed by atoms with Gasteiger partial charge in [-0.25, -0.2) is 14.2 Å². The number of halogens is 1. The van der Waals surface area contributed by atoms with Crippen LogP contribution in [0, 0.1) is 5.82 Å². The summed E-state index contributed by atoms with van der Waals surface area (Å²) in [5.74, 6) is 0.233. The van der Waals surface area contributed by atoms with E-state index in [4.69, 9.17) is 0 Å². The van der Waals surface area contributed by atoms with E-state index in [9.17, 15) is 9.18 Å². The Hall–Kier alpha value is -3.14. The summed E-state index contributed by atoms with van der Waals surface area (Å²) in [6.07, 6.45) is 4.77. The molecule has 10 heteroatoms. The molecule has 0 radical (unpaired) electrons. The lowest BCUT2D eigenvalue weighted by Gasteiger charge is -2.29. The lowest BCUT2D eigenvalue weighted by atomic mass is 10.1. The maximum Gasteiger partial charge on any atom is 0.321 e. The zero-order valence-corrected chi connectivity index (χ0v) is 16.7. The number of likely N-dealkylation sites (tertiary alicyclic amines) is 1. The highest BCUT2D eigenvalue weighted by atomic mass is 19.1. The van der Waals surface area contributed by atoms with E-state index in [1.165, 1.54) is 6.07 Å². The van der Waals surface area contributed by atoms with Gasteiger partial charge in [-0.05, 0) is 25.3 Å². The van der Waals surface area contributed by atoms with Crippen molar-refractivity contribution in [3.8, 4) is 11.5 Å². The highest BCUT2D eigenvalue weighted by Crippen LogP contribution is 2.29. The first kappa shape index (κ1) is 18.9. The van der Waals surface area contributed by atoms with Gasteiger partial charge in [-0.15, -0.1) is 0 Å². The maximum atomic E-state index is 14.7. The fourth-order valence-electron chi connectivity index (χ4n) is 4.14.